The largest absolute Gasteiger partial charge is 0.493 e. The highest BCUT2D eigenvalue weighted by atomic mass is 16.5. The summed E-state index contributed by atoms with van der Waals surface area (Å²) in [5.74, 6) is 1.45. The van der Waals surface area contributed by atoms with Crippen molar-refractivity contribution in [3.05, 3.63) is 23.8 Å². The Morgan fingerprint density at radius 3 is 2.46 bits per heavy atom. The molecule has 28 heavy (non-hydrogen) atoms. The summed E-state index contributed by atoms with van der Waals surface area (Å²) in [7, 11) is 1.66. The van der Waals surface area contributed by atoms with Crippen LogP contribution in [0.5, 0.6) is 11.5 Å². The first-order valence-corrected chi connectivity index (χ1v) is 11.2. The highest BCUT2D eigenvalue weighted by Gasteiger charge is 2.16. The van der Waals surface area contributed by atoms with E-state index in [9.17, 15) is 5.11 Å². The summed E-state index contributed by atoms with van der Waals surface area (Å²) < 4.78 is 11.4. The number of aliphatic hydroxyl groups excluding tert-OH is 1. The van der Waals surface area contributed by atoms with Crippen LogP contribution in [-0.2, 0) is 6.54 Å². The fourth-order valence-corrected chi connectivity index (χ4v) is 4.37. The van der Waals surface area contributed by atoms with Crippen molar-refractivity contribution in [1.82, 2.24) is 10.2 Å². The lowest BCUT2D eigenvalue weighted by molar-refractivity contribution is 0.0644. The molecule has 0 aromatic heterocycles. The average Bonchev–Trinajstić information content (AvgIpc) is 3.20. The topological polar surface area (TPSA) is 54.0 Å². The number of hydrogen-bond donors (Lipinski definition) is 2. The second kappa shape index (κ2) is 11.6. The number of hydrogen-bond acceptors (Lipinski definition) is 5. The maximum absolute atomic E-state index is 10.5. The summed E-state index contributed by atoms with van der Waals surface area (Å²) >= 11 is 0. The fraction of sp³-hybridized carbons (Fsp3) is 0.739. The van der Waals surface area contributed by atoms with E-state index in [1.807, 2.05) is 12.1 Å². The molecule has 1 heterocycles. The molecule has 1 atom stereocenters. The second-order valence-corrected chi connectivity index (χ2v) is 8.38. The molecule has 1 aliphatic carbocycles. The molecule has 0 bridgehead atoms. The van der Waals surface area contributed by atoms with Gasteiger partial charge in [-0.05, 0) is 56.5 Å². The minimum Gasteiger partial charge on any atom is -0.493 e. The van der Waals surface area contributed by atoms with Gasteiger partial charge in [-0.1, -0.05) is 38.2 Å². The predicted octanol–water partition coefficient (Wildman–Crippen LogP) is 3.73. The standard InChI is InChI=1S/C23H38N2O3/c1-27-22-12-11-19(16-24-20-9-5-6-10-20)15-23(22)28-18-21(26)17-25-13-7-3-2-4-8-14-25/h11-12,15,20-21,24,26H,2-10,13-14,16-18H2,1H3. The quantitative estimate of drug-likeness (QED) is 0.673. The Balaban J connectivity index is 1.49. The van der Waals surface area contributed by atoms with Gasteiger partial charge >= 0.3 is 0 Å². The third kappa shape index (κ3) is 6.94. The summed E-state index contributed by atoms with van der Waals surface area (Å²) in [6.45, 7) is 4.00. The van der Waals surface area contributed by atoms with E-state index in [1.165, 1.54) is 63.4 Å². The van der Waals surface area contributed by atoms with E-state index in [-0.39, 0.29) is 0 Å². The SMILES string of the molecule is COc1ccc(CNC2CCCC2)cc1OCC(O)CN1CCCCCCC1. The number of benzene rings is 1. The monoisotopic (exact) mass is 390 g/mol. The van der Waals surface area contributed by atoms with Gasteiger partial charge in [0.2, 0.25) is 0 Å². The van der Waals surface area contributed by atoms with E-state index >= 15 is 0 Å². The molecule has 2 aliphatic rings. The molecule has 2 N–H and O–H groups in total. The maximum Gasteiger partial charge on any atom is 0.161 e. The number of aliphatic hydroxyl groups is 1. The molecule has 1 aromatic carbocycles. The molecule has 3 rings (SSSR count). The second-order valence-electron chi connectivity index (χ2n) is 8.38. The van der Waals surface area contributed by atoms with Gasteiger partial charge in [-0.25, -0.2) is 0 Å². The Morgan fingerprint density at radius 1 is 1.04 bits per heavy atom. The molecule has 5 nitrogen and oxygen atoms in total. The zero-order chi connectivity index (χ0) is 19.6. The molecule has 1 saturated carbocycles. The average molecular weight is 391 g/mol. The molecule has 1 aromatic rings. The van der Waals surface area contributed by atoms with Crippen molar-refractivity contribution in [2.45, 2.75) is 76.5 Å². The van der Waals surface area contributed by atoms with Gasteiger partial charge in [0.25, 0.3) is 0 Å². The number of likely N-dealkylation sites (tertiary alicyclic amines) is 1. The Labute approximate surface area is 170 Å². The van der Waals surface area contributed by atoms with Crippen LogP contribution in [0.4, 0.5) is 0 Å². The molecule has 158 valence electrons. The third-order valence-electron chi connectivity index (χ3n) is 6.03. The summed E-state index contributed by atoms with van der Waals surface area (Å²) in [6, 6.07) is 6.74. The Morgan fingerprint density at radius 2 is 1.75 bits per heavy atom. The van der Waals surface area contributed by atoms with Crippen LogP contribution in [0.1, 0.15) is 63.4 Å². The lowest BCUT2D eigenvalue weighted by Gasteiger charge is -2.26. The molecule has 0 radical (unpaired) electrons. The highest BCUT2D eigenvalue weighted by molar-refractivity contribution is 5.43. The molecule has 0 spiro atoms. The van der Waals surface area contributed by atoms with E-state index in [4.69, 9.17) is 9.47 Å². The van der Waals surface area contributed by atoms with Gasteiger partial charge < -0.3 is 24.8 Å². The van der Waals surface area contributed by atoms with Gasteiger partial charge in [-0.2, -0.15) is 0 Å². The van der Waals surface area contributed by atoms with Crippen molar-refractivity contribution in [2.75, 3.05) is 33.4 Å². The van der Waals surface area contributed by atoms with Crippen LogP contribution in [-0.4, -0.2) is 55.5 Å². The molecular formula is C23H38N2O3. The van der Waals surface area contributed by atoms with E-state index in [1.54, 1.807) is 7.11 Å². The first kappa shape index (κ1) is 21.4. The Bertz CT molecular complexity index is 567. The van der Waals surface area contributed by atoms with Gasteiger partial charge in [0, 0.05) is 19.1 Å². The van der Waals surface area contributed by atoms with Crippen molar-refractivity contribution in [3.63, 3.8) is 0 Å². The minimum absolute atomic E-state index is 0.298. The number of β-amino-alcohol motifs (C(OH)–C–C–N with tert-alkyl or cyclic N) is 1. The van der Waals surface area contributed by atoms with Crippen molar-refractivity contribution >= 4 is 0 Å². The molecule has 5 heteroatoms. The van der Waals surface area contributed by atoms with Crippen LogP contribution in [0.2, 0.25) is 0 Å². The van der Waals surface area contributed by atoms with Gasteiger partial charge in [-0.15, -0.1) is 0 Å². The van der Waals surface area contributed by atoms with E-state index in [2.05, 4.69) is 16.3 Å². The normalized spacial score (nSPS) is 20.5. The van der Waals surface area contributed by atoms with Gasteiger partial charge in [0.1, 0.15) is 12.7 Å². The lowest BCUT2D eigenvalue weighted by atomic mass is 10.1. The summed E-state index contributed by atoms with van der Waals surface area (Å²) in [5.41, 5.74) is 1.20. The molecule has 0 amide bonds. The third-order valence-corrected chi connectivity index (χ3v) is 6.03. The van der Waals surface area contributed by atoms with Crippen LogP contribution in [0, 0.1) is 0 Å². The smallest absolute Gasteiger partial charge is 0.161 e. The summed E-state index contributed by atoms with van der Waals surface area (Å²) in [5, 5.41) is 14.1. The number of nitrogens with zero attached hydrogens (tertiary/aromatic N) is 1. The van der Waals surface area contributed by atoms with Crippen LogP contribution < -0.4 is 14.8 Å². The summed E-state index contributed by atoms with van der Waals surface area (Å²) in [6.07, 6.45) is 11.2. The lowest BCUT2D eigenvalue weighted by Crippen LogP contribution is -2.37. The predicted molar refractivity (Wildman–Crippen MR) is 113 cm³/mol. The zero-order valence-electron chi connectivity index (χ0n) is 17.5. The van der Waals surface area contributed by atoms with E-state index < -0.39 is 6.10 Å². The van der Waals surface area contributed by atoms with E-state index in [0.29, 0.717) is 19.2 Å². The van der Waals surface area contributed by atoms with Crippen molar-refractivity contribution in [2.24, 2.45) is 0 Å². The number of methoxy groups -OCH3 is 1. The van der Waals surface area contributed by atoms with Crippen LogP contribution in [0.3, 0.4) is 0 Å². The molecular weight excluding hydrogens is 352 g/mol. The van der Waals surface area contributed by atoms with Crippen molar-refractivity contribution in [1.29, 1.82) is 0 Å². The number of ether oxygens (including phenoxy) is 2. The van der Waals surface area contributed by atoms with Crippen molar-refractivity contribution in [3.8, 4) is 11.5 Å². The zero-order valence-corrected chi connectivity index (χ0v) is 17.5. The van der Waals surface area contributed by atoms with E-state index in [0.717, 1.165) is 31.1 Å². The molecule has 1 aliphatic heterocycles. The first-order chi connectivity index (χ1) is 13.7. The van der Waals surface area contributed by atoms with Crippen LogP contribution >= 0.6 is 0 Å². The van der Waals surface area contributed by atoms with Gasteiger partial charge in [0.05, 0.1) is 7.11 Å². The Kier molecular flexibility index (Phi) is 8.90. The minimum atomic E-state index is -0.482. The van der Waals surface area contributed by atoms with Crippen LogP contribution in [0.25, 0.3) is 0 Å². The highest BCUT2D eigenvalue weighted by Crippen LogP contribution is 2.28. The van der Waals surface area contributed by atoms with Gasteiger partial charge in [0.15, 0.2) is 11.5 Å². The molecule has 1 unspecified atom stereocenters. The first-order valence-electron chi connectivity index (χ1n) is 11.2. The fourth-order valence-electron chi connectivity index (χ4n) is 4.37. The number of nitrogens with one attached hydrogen (secondary N) is 1. The van der Waals surface area contributed by atoms with Crippen LogP contribution in [0.15, 0.2) is 18.2 Å². The van der Waals surface area contributed by atoms with Crippen molar-refractivity contribution < 1.29 is 14.6 Å². The molecule has 1 saturated heterocycles. The number of rotatable bonds is 9. The Hall–Kier alpha value is -1.30. The molecule has 2 fully saturated rings. The maximum atomic E-state index is 10.5. The van der Waals surface area contributed by atoms with Gasteiger partial charge in [-0.3, -0.25) is 0 Å². The summed E-state index contributed by atoms with van der Waals surface area (Å²) in [4.78, 5) is 2.38.